The van der Waals surface area contributed by atoms with Crippen LogP contribution in [-0.2, 0) is 20.3 Å². The first-order chi connectivity index (χ1) is 9.80. The molecule has 0 saturated heterocycles. The molecule has 3 aromatic rings. The number of alkyl halides is 3. The van der Waals surface area contributed by atoms with E-state index >= 15 is 0 Å². The Labute approximate surface area is 118 Å². The van der Waals surface area contributed by atoms with Crippen molar-refractivity contribution in [2.75, 3.05) is 5.73 Å². The van der Waals surface area contributed by atoms with E-state index in [2.05, 4.69) is 5.10 Å². The Kier molecular flexibility index (Phi) is 2.76. The van der Waals surface area contributed by atoms with Crippen LogP contribution in [0.1, 0.15) is 5.56 Å². The molecule has 0 radical (unpaired) electrons. The third kappa shape index (κ3) is 1.96. The maximum absolute atomic E-state index is 13.3. The topological polar surface area (TPSA) is 48.8 Å². The van der Waals surface area contributed by atoms with Gasteiger partial charge in [-0.25, -0.2) is 0 Å². The molecular formula is C14H13F3N4. The number of rotatable bonds is 1. The van der Waals surface area contributed by atoms with Crippen molar-refractivity contribution in [2.24, 2.45) is 14.1 Å². The number of nitrogens with two attached hydrogens (primary N) is 1. The number of fused-ring (bicyclic) bond motifs is 1. The number of benzene rings is 1. The molecule has 0 fully saturated rings. The summed E-state index contributed by atoms with van der Waals surface area (Å²) < 4.78 is 43.0. The van der Waals surface area contributed by atoms with E-state index in [4.69, 9.17) is 5.73 Å². The summed E-state index contributed by atoms with van der Waals surface area (Å²) in [6.07, 6.45) is -1.35. The number of nitrogen functional groups attached to an aromatic ring is 1. The number of anilines is 1. The second-order valence-corrected chi connectivity index (χ2v) is 4.92. The Morgan fingerprint density at radius 2 is 1.90 bits per heavy atom. The highest BCUT2D eigenvalue weighted by Gasteiger charge is 2.34. The van der Waals surface area contributed by atoms with E-state index < -0.39 is 11.7 Å². The average Bonchev–Trinajstić information content (AvgIpc) is 2.89. The summed E-state index contributed by atoms with van der Waals surface area (Å²) in [5.74, 6) is 0. The molecular weight excluding hydrogens is 281 g/mol. The lowest BCUT2D eigenvalue weighted by molar-refractivity contribution is -0.136. The molecule has 0 spiro atoms. The molecule has 2 N–H and O–H groups in total. The van der Waals surface area contributed by atoms with Gasteiger partial charge in [-0.05, 0) is 12.1 Å². The molecule has 4 nitrogen and oxygen atoms in total. The molecule has 0 unspecified atom stereocenters. The van der Waals surface area contributed by atoms with Crippen molar-refractivity contribution in [3.8, 4) is 11.3 Å². The van der Waals surface area contributed by atoms with Crippen molar-refractivity contribution in [1.82, 2.24) is 14.3 Å². The smallest absolute Gasteiger partial charge is 0.396 e. The van der Waals surface area contributed by atoms with Crippen LogP contribution in [-0.4, -0.2) is 14.3 Å². The van der Waals surface area contributed by atoms with Gasteiger partial charge in [0.05, 0.1) is 23.1 Å². The average molecular weight is 294 g/mol. The van der Waals surface area contributed by atoms with Crippen LogP contribution in [0.15, 0.2) is 30.6 Å². The van der Waals surface area contributed by atoms with Crippen LogP contribution < -0.4 is 5.73 Å². The molecule has 0 atom stereocenters. The van der Waals surface area contributed by atoms with E-state index in [0.29, 0.717) is 22.5 Å². The van der Waals surface area contributed by atoms with E-state index in [1.54, 1.807) is 30.9 Å². The van der Waals surface area contributed by atoms with Gasteiger partial charge in [0, 0.05) is 36.8 Å². The molecule has 0 aliphatic heterocycles. The predicted octanol–water partition coefficient (Wildman–Crippen LogP) is 3.18. The summed E-state index contributed by atoms with van der Waals surface area (Å²) in [4.78, 5) is 0. The lowest BCUT2D eigenvalue weighted by Crippen LogP contribution is -2.06. The summed E-state index contributed by atoms with van der Waals surface area (Å²) >= 11 is 0. The minimum Gasteiger partial charge on any atom is -0.396 e. The summed E-state index contributed by atoms with van der Waals surface area (Å²) in [7, 11) is 3.36. The molecule has 2 aromatic heterocycles. The number of nitrogens with zero attached hydrogens (tertiary/aromatic N) is 3. The van der Waals surface area contributed by atoms with Gasteiger partial charge in [-0.3, -0.25) is 4.68 Å². The first-order valence-corrected chi connectivity index (χ1v) is 6.24. The molecule has 0 amide bonds. The molecule has 0 aliphatic rings. The fourth-order valence-corrected chi connectivity index (χ4v) is 2.64. The number of aromatic nitrogens is 3. The standard InChI is InChI=1S/C14H13F3N4/c1-20-7-8(13-10(18)6-19-21(13)2)12-9(14(15,16)17)4-3-5-11(12)20/h3-7H,18H2,1-2H3. The molecule has 110 valence electrons. The van der Waals surface area contributed by atoms with Crippen molar-refractivity contribution in [1.29, 1.82) is 0 Å². The summed E-state index contributed by atoms with van der Waals surface area (Å²) in [6.45, 7) is 0. The van der Waals surface area contributed by atoms with Gasteiger partial charge in [-0.1, -0.05) is 6.07 Å². The second kappa shape index (κ2) is 4.28. The zero-order valence-electron chi connectivity index (χ0n) is 11.4. The van der Waals surface area contributed by atoms with Crippen LogP contribution in [0.4, 0.5) is 18.9 Å². The van der Waals surface area contributed by atoms with Gasteiger partial charge < -0.3 is 10.3 Å². The molecule has 21 heavy (non-hydrogen) atoms. The maximum atomic E-state index is 13.3. The minimum atomic E-state index is -4.43. The highest BCUT2D eigenvalue weighted by molar-refractivity contribution is 6.00. The van der Waals surface area contributed by atoms with Crippen LogP contribution in [0.3, 0.4) is 0 Å². The van der Waals surface area contributed by atoms with Crippen LogP contribution in [0.5, 0.6) is 0 Å². The van der Waals surface area contributed by atoms with Crippen molar-refractivity contribution in [2.45, 2.75) is 6.18 Å². The lowest BCUT2D eigenvalue weighted by atomic mass is 10.0. The van der Waals surface area contributed by atoms with Crippen LogP contribution in [0, 0.1) is 0 Å². The minimum absolute atomic E-state index is 0.141. The number of hydrogen-bond donors (Lipinski definition) is 1. The van der Waals surface area contributed by atoms with E-state index in [0.717, 1.165) is 6.07 Å². The molecule has 2 heterocycles. The number of halogens is 3. The Balaban J connectivity index is 2.45. The highest BCUT2D eigenvalue weighted by Crippen LogP contribution is 2.41. The predicted molar refractivity (Wildman–Crippen MR) is 74.5 cm³/mol. The SMILES string of the molecule is Cn1ncc(N)c1-c1cn(C)c2cccc(C(F)(F)F)c12. The Morgan fingerprint density at radius 1 is 1.19 bits per heavy atom. The monoisotopic (exact) mass is 294 g/mol. The highest BCUT2D eigenvalue weighted by atomic mass is 19.4. The Bertz CT molecular complexity index is 807. The quantitative estimate of drug-likeness (QED) is 0.749. The summed E-state index contributed by atoms with van der Waals surface area (Å²) in [5, 5.41) is 4.14. The summed E-state index contributed by atoms with van der Waals surface area (Å²) in [5.41, 5.74) is 6.95. The normalized spacial score (nSPS) is 12.2. The van der Waals surface area contributed by atoms with Crippen LogP contribution >= 0.6 is 0 Å². The van der Waals surface area contributed by atoms with Crippen molar-refractivity contribution in [3.05, 3.63) is 36.2 Å². The maximum Gasteiger partial charge on any atom is 0.417 e. The Morgan fingerprint density at radius 3 is 2.48 bits per heavy atom. The first kappa shape index (κ1) is 13.5. The van der Waals surface area contributed by atoms with Crippen molar-refractivity contribution in [3.63, 3.8) is 0 Å². The zero-order valence-corrected chi connectivity index (χ0v) is 11.4. The molecule has 1 aromatic carbocycles. The van der Waals surface area contributed by atoms with E-state index in [-0.39, 0.29) is 5.39 Å². The van der Waals surface area contributed by atoms with Gasteiger partial charge in [0.15, 0.2) is 0 Å². The largest absolute Gasteiger partial charge is 0.417 e. The third-order valence-electron chi connectivity index (χ3n) is 3.54. The van der Waals surface area contributed by atoms with E-state index in [1.807, 2.05) is 0 Å². The van der Waals surface area contributed by atoms with Gasteiger partial charge >= 0.3 is 6.18 Å². The van der Waals surface area contributed by atoms with Gasteiger partial charge in [-0.15, -0.1) is 0 Å². The van der Waals surface area contributed by atoms with E-state index in [1.165, 1.54) is 16.9 Å². The van der Waals surface area contributed by atoms with Crippen molar-refractivity contribution < 1.29 is 13.2 Å². The Hall–Kier alpha value is -2.44. The summed E-state index contributed by atoms with van der Waals surface area (Å²) in [6, 6.07) is 4.14. The fraction of sp³-hybridized carbons (Fsp3) is 0.214. The molecule has 3 rings (SSSR count). The number of aryl methyl sites for hydroxylation is 2. The fourth-order valence-electron chi connectivity index (χ4n) is 2.64. The van der Waals surface area contributed by atoms with Crippen LogP contribution in [0.25, 0.3) is 22.2 Å². The van der Waals surface area contributed by atoms with E-state index in [9.17, 15) is 13.2 Å². The van der Waals surface area contributed by atoms with Gasteiger partial charge in [-0.2, -0.15) is 18.3 Å². The molecule has 0 aliphatic carbocycles. The first-order valence-electron chi connectivity index (χ1n) is 6.24. The molecule has 0 saturated carbocycles. The van der Waals surface area contributed by atoms with Gasteiger partial charge in [0.1, 0.15) is 0 Å². The number of hydrogen-bond acceptors (Lipinski definition) is 2. The molecule has 0 bridgehead atoms. The second-order valence-electron chi connectivity index (χ2n) is 4.92. The lowest BCUT2D eigenvalue weighted by Gasteiger charge is -2.10. The van der Waals surface area contributed by atoms with Gasteiger partial charge in [0.25, 0.3) is 0 Å². The van der Waals surface area contributed by atoms with Crippen molar-refractivity contribution >= 4 is 16.6 Å². The molecule has 7 heteroatoms. The third-order valence-corrected chi connectivity index (χ3v) is 3.54. The van der Waals surface area contributed by atoms with Crippen LogP contribution in [0.2, 0.25) is 0 Å². The zero-order chi connectivity index (χ0) is 15.4. The van der Waals surface area contributed by atoms with Gasteiger partial charge in [0.2, 0.25) is 0 Å².